The number of nitrogens with one attached hydrogen (secondary N) is 1. The summed E-state index contributed by atoms with van der Waals surface area (Å²) in [6, 6.07) is 2.36. The third-order valence-corrected chi connectivity index (χ3v) is 2.19. The van der Waals surface area contributed by atoms with Crippen LogP contribution >= 0.6 is 0 Å². The van der Waals surface area contributed by atoms with Gasteiger partial charge in [0.25, 0.3) is 0 Å². The number of carboxylic acid groups (broad SMARTS) is 1. The van der Waals surface area contributed by atoms with Gasteiger partial charge in [0.05, 0.1) is 0 Å². The molecule has 0 saturated heterocycles. The highest BCUT2D eigenvalue weighted by molar-refractivity contribution is 5.94. The van der Waals surface area contributed by atoms with Gasteiger partial charge in [0.1, 0.15) is 17.6 Å². The van der Waals surface area contributed by atoms with Crippen LogP contribution in [0, 0.1) is 6.92 Å². The standard InChI is InChI=1S/C12H15NO5/c1-8-2-3-9(18-8)4-5-11(15)13-10(6-7-14)12(16)17/h2-5,10,14H,6-7H2,1H3,(H,13,15)(H,16,17)/b5-4+/t10-/m1/s1. The second-order valence-electron chi connectivity index (χ2n) is 3.69. The van der Waals surface area contributed by atoms with Crippen molar-refractivity contribution in [2.24, 2.45) is 0 Å². The monoisotopic (exact) mass is 253 g/mol. The molecule has 0 fully saturated rings. The minimum atomic E-state index is -1.18. The number of furan rings is 1. The fourth-order valence-electron chi connectivity index (χ4n) is 1.31. The Balaban J connectivity index is 2.54. The lowest BCUT2D eigenvalue weighted by atomic mass is 10.2. The van der Waals surface area contributed by atoms with Crippen LogP contribution in [0.25, 0.3) is 6.08 Å². The van der Waals surface area contributed by atoms with Crippen LogP contribution in [0.3, 0.4) is 0 Å². The highest BCUT2D eigenvalue weighted by Crippen LogP contribution is 2.07. The van der Waals surface area contributed by atoms with E-state index >= 15 is 0 Å². The number of hydrogen-bond acceptors (Lipinski definition) is 4. The summed E-state index contributed by atoms with van der Waals surface area (Å²) in [6.45, 7) is 1.47. The van der Waals surface area contributed by atoms with Gasteiger partial charge in [0.2, 0.25) is 5.91 Å². The van der Waals surface area contributed by atoms with E-state index < -0.39 is 17.9 Å². The van der Waals surface area contributed by atoms with Crippen molar-refractivity contribution in [2.75, 3.05) is 6.61 Å². The van der Waals surface area contributed by atoms with Gasteiger partial charge >= 0.3 is 5.97 Å². The van der Waals surface area contributed by atoms with Gasteiger partial charge in [-0.3, -0.25) is 4.79 Å². The highest BCUT2D eigenvalue weighted by atomic mass is 16.4. The summed E-state index contributed by atoms with van der Waals surface area (Å²) in [7, 11) is 0. The van der Waals surface area contributed by atoms with Gasteiger partial charge in [-0.2, -0.15) is 0 Å². The summed E-state index contributed by atoms with van der Waals surface area (Å²) in [4.78, 5) is 22.2. The molecule has 0 aliphatic heterocycles. The number of aliphatic carboxylic acids is 1. The molecule has 0 bridgehead atoms. The van der Waals surface area contributed by atoms with E-state index in [0.29, 0.717) is 5.76 Å². The van der Waals surface area contributed by atoms with Crippen LogP contribution in [-0.2, 0) is 9.59 Å². The van der Waals surface area contributed by atoms with Gasteiger partial charge < -0.3 is 19.9 Å². The number of rotatable bonds is 6. The summed E-state index contributed by atoms with van der Waals surface area (Å²) in [6.07, 6.45) is 2.60. The van der Waals surface area contributed by atoms with Crippen molar-refractivity contribution in [3.8, 4) is 0 Å². The number of hydrogen-bond donors (Lipinski definition) is 3. The smallest absolute Gasteiger partial charge is 0.326 e. The van der Waals surface area contributed by atoms with Gasteiger partial charge in [-0.1, -0.05) is 0 Å². The quantitative estimate of drug-likeness (QED) is 0.643. The maximum Gasteiger partial charge on any atom is 0.326 e. The first kappa shape index (κ1) is 14.0. The van der Waals surface area contributed by atoms with E-state index in [9.17, 15) is 9.59 Å². The predicted octanol–water partition coefficient (Wildman–Crippen LogP) is 0.553. The Kier molecular flexibility index (Phi) is 5.13. The molecule has 0 aromatic carbocycles. The molecule has 1 aromatic rings. The lowest BCUT2D eigenvalue weighted by molar-refractivity contribution is -0.141. The predicted molar refractivity (Wildman–Crippen MR) is 63.7 cm³/mol. The topological polar surface area (TPSA) is 99.8 Å². The molecule has 6 nitrogen and oxygen atoms in total. The molecule has 3 N–H and O–H groups in total. The molecule has 0 radical (unpaired) electrons. The second-order valence-corrected chi connectivity index (χ2v) is 3.69. The largest absolute Gasteiger partial charge is 0.480 e. The summed E-state index contributed by atoms with van der Waals surface area (Å²) < 4.78 is 5.21. The Morgan fingerprint density at radius 3 is 2.72 bits per heavy atom. The number of aliphatic hydroxyl groups excluding tert-OH is 1. The molecular weight excluding hydrogens is 238 g/mol. The van der Waals surface area contributed by atoms with Crippen molar-refractivity contribution in [1.82, 2.24) is 5.32 Å². The maximum absolute atomic E-state index is 11.4. The molecule has 6 heteroatoms. The number of carboxylic acids is 1. The molecule has 1 rings (SSSR count). The molecule has 0 unspecified atom stereocenters. The molecule has 0 spiro atoms. The van der Waals surface area contributed by atoms with Gasteiger partial charge in [0, 0.05) is 19.1 Å². The number of carbonyl (C=O) groups excluding carboxylic acids is 1. The van der Waals surface area contributed by atoms with Crippen molar-refractivity contribution < 1.29 is 24.2 Å². The molecular formula is C12H15NO5. The molecule has 1 aromatic heterocycles. The SMILES string of the molecule is Cc1ccc(/C=C/C(=O)N[C@H](CCO)C(=O)O)o1. The van der Waals surface area contributed by atoms with Crippen LogP contribution in [0.5, 0.6) is 0 Å². The van der Waals surface area contributed by atoms with Crippen LogP contribution in [0.15, 0.2) is 22.6 Å². The molecule has 1 heterocycles. The maximum atomic E-state index is 11.4. The average Bonchev–Trinajstić information content (AvgIpc) is 2.72. The third-order valence-electron chi connectivity index (χ3n) is 2.19. The van der Waals surface area contributed by atoms with Crippen molar-refractivity contribution in [2.45, 2.75) is 19.4 Å². The van der Waals surface area contributed by atoms with Crippen molar-refractivity contribution in [3.63, 3.8) is 0 Å². The lowest BCUT2D eigenvalue weighted by Crippen LogP contribution is -2.40. The van der Waals surface area contributed by atoms with E-state index in [1.54, 1.807) is 19.1 Å². The van der Waals surface area contributed by atoms with Crippen molar-refractivity contribution in [1.29, 1.82) is 0 Å². The summed E-state index contributed by atoms with van der Waals surface area (Å²) in [5, 5.41) is 19.7. The highest BCUT2D eigenvalue weighted by Gasteiger charge is 2.17. The van der Waals surface area contributed by atoms with E-state index in [4.69, 9.17) is 14.6 Å². The Bertz CT molecular complexity index is 449. The van der Waals surface area contributed by atoms with Gasteiger partial charge in [-0.25, -0.2) is 4.79 Å². The fraction of sp³-hybridized carbons (Fsp3) is 0.333. The average molecular weight is 253 g/mol. The van der Waals surface area contributed by atoms with Gasteiger partial charge in [0.15, 0.2) is 0 Å². The van der Waals surface area contributed by atoms with Gasteiger partial charge in [-0.15, -0.1) is 0 Å². The molecule has 18 heavy (non-hydrogen) atoms. The minimum absolute atomic E-state index is 0.0330. The summed E-state index contributed by atoms with van der Waals surface area (Å²) in [5.41, 5.74) is 0. The lowest BCUT2D eigenvalue weighted by Gasteiger charge is -2.10. The van der Waals surface area contributed by atoms with Crippen LogP contribution in [0.2, 0.25) is 0 Å². The van der Waals surface area contributed by atoms with E-state index in [-0.39, 0.29) is 13.0 Å². The first-order valence-electron chi connectivity index (χ1n) is 5.41. The Morgan fingerprint density at radius 2 is 2.22 bits per heavy atom. The van der Waals surface area contributed by atoms with E-state index in [1.807, 2.05) is 0 Å². The first-order chi connectivity index (χ1) is 8.52. The second kappa shape index (κ2) is 6.61. The van der Waals surface area contributed by atoms with Crippen molar-refractivity contribution >= 4 is 18.0 Å². The molecule has 0 aliphatic carbocycles. The zero-order valence-electron chi connectivity index (χ0n) is 9.92. The summed E-state index contributed by atoms with van der Waals surface area (Å²) in [5.74, 6) is -0.500. The molecule has 1 amide bonds. The zero-order valence-corrected chi connectivity index (χ0v) is 9.92. The third kappa shape index (κ3) is 4.42. The zero-order chi connectivity index (χ0) is 13.5. The van der Waals surface area contributed by atoms with Crippen LogP contribution in [0.1, 0.15) is 17.9 Å². The Morgan fingerprint density at radius 1 is 1.50 bits per heavy atom. The van der Waals surface area contributed by atoms with Crippen LogP contribution in [-0.4, -0.2) is 34.7 Å². The molecule has 1 atom stereocenters. The fourth-order valence-corrected chi connectivity index (χ4v) is 1.31. The minimum Gasteiger partial charge on any atom is -0.480 e. The first-order valence-corrected chi connectivity index (χ1v) is 5.41. The van der Waals surface area contributed by atoms with Gasteiger partial charge in [-0.05, 0) is 25.1 Å². The summed E-state index contributed by atoms with van der Waals surface area (Å²) >= 11 is 0. The van der Waals surface area contributed by atoms with Crippen LogP contribution < -0.4 is 5.32 Å². The molecule has 98 valence electrons. The number of aryl methyl sites for hydroxylation is 1. The Labute approximate surface area is 104 Å². The number of carbonyl (C=O) groups is 2. The van der Waals surface area contributed by atoms with E-state index in [0.717, 1.165) is 5.76 Å². The molecule has 0 aliphatic rings. The van der Waals surface area contributed by atoms with E-state index in [1.165, 1.54) is 12.2 Å². The number of aliphatic hydroxyl groups is 1. The normalized spacial score (nSPS) is 12.6. The molecule has 0 saturated carbocycles. The van der Waals surface area contributed by atoms with Crippen LogP contribution in [0.4, 0.5) is 0 Å². The van der Waals surface area contributed by atoms with E-state index in [2.05, 4.69) is 5.32 Å². The number of amides is 1. The Hall–Kier alpha value is -2.08. The van der Waals surface area contributed by atoms with Crippen molar-refractivity contribution in [3.05, 3.63) is 29.7 Å².